The Kier molecular flexibility index (Phi) is 7.37. The number of rotatable bonds is 7. The average Bonchev–Trinajstić information content (AvgIpc) is 2.93. The van der Waals surface area contributed by atoms with Gasteiger partial charge in [-0.05, 0) is 42.4 Å². The van der Waals surface area contributed by atoms with E-state index in [0.29, 0.717) is 0 Å². The van der Waals surface area contributed by atoms with Gasteiger partial charge in [0.05, 0.1) is 0 Å². The van der Waals surface area contributed by atoms with Crippen molar-refractivity contribution in [2.75, 3.05) is 12.3 Å². The van der Waals surface area contributed by atoms with E-state index in [2.05, 4.69) is 39.9 Å². The molecule has 19 heavy (non-hydrogen) atoms. The van der Waals surface area contributed by atoms with Crippen molar-refractivity contribution in [1.29, 1.82) is 0 Å². The second-order valence-corrected chi connectivity index (χ2v) is 6.41. The summed E-state index contributed by atoms with van der Waals surface area (Å²) in [7, 11) is 1.86. The molecule has 0 spiro atoms. The fraction of sp³-hybridized carbons (Fsp3) is 0.545. The molecule has 1 N–H and O–H groups in total. The summed E-state index contributed by atoms with van der Waals surface area (Å²) in [5, 5.41) is 15.7. The van der Waals surface area contributed by atoms with Crippen molar-refractivity contribution in [2.24, 2.45) is 7.05 Å². The van der Waals surface area contributed by atoms with Crippen molar-refractivity contribution in [2.45, 2.75) is 25.0 Å². The molecule has 0 saturated heterocycles. The lowest BCUT2D eigenvalue weighted by atomic mass is 10.4. The summed E-state index contributed by atoms with van der Waals surface area (Å²) >= 11 is 3.55. The van der Waals surface area contributed by atoms with Crippen LogP contribution in [-0.2, 0) is 13.6 Å². The summed E-state index contributed by atoms with van der Waals surface area (Å²) in [6, 6.07) is 4.35. The topological polar surface area (TPSA) is 55.6 Å². The summed E-state index contributed by atoms with van der Waals surface area (Å²) in [5.74, 6) is 1.03. The van der Waals surface area contributed by atoms with Crippen molar-refractivity contribution in [3.8, 4) is 0 Å². The molecule has 2 rings (SSSR count). The van der Waals surface area contributed by atoms with Crippen LogP contribution < -0.4 is 5.32 Å². The van der Waals surface area contributed by atoms with Gasteiger partial charge in [-0.15, -0.1) is 28.8 Å². The molecule has 0 aliphatic rings. The summed E-state index contributed by atoms with van der Waals surface area (Å²) < 4.78 is 1.70. The standard InChI is InChI=1S/C11H17N5S2.ClH/c1-9-4-5-10(18-9)8-12-6-3-7-17-11-13-14-15-16(11)2;/h4-5,12H,3,6-8H2,1-2H3;1H. The SMILES string of the molecule is Cc1ccc(CNCCCSc2nnnn2C)s1.Cl. The molecule has 0 unspecified atom stereocenters. The average molecular weight is 320 g/mol. The number of nitrogens with one attached hydrogen (secondary N) is 1. The molecule has 0 fully saturated rings. The van der Waals surface area contributed by atoms with Crippen LogP contribution in [0.1, 0.15) is 16.2 Å². The number of hydrogen-bond donors (Lipinski definition) is 1. The van der Waals surface area contributed by atoms with Gasteiger partial charge in [0.25, 0.3) is 0 Å². The van der Waals surface area contributed by atoms with Gasteiger partial charge in [-0.3, -0.25) is 0 Å². The minimum atomic E-state index is 0. The second-order valence-electron chi connectivity index (χ2n) is 3.98. The fourth-order valence-electron chi connectivity index (χ4n) is 1.50. The Morgan fingerprint density at radius 1 is 1.42 bits per heavy atom. The minimum absolute atomic E-state index is 0. The van der Waals surface area contributed by atoms with E-state index in [9.17, 15) is 0 Å². The van der Waals surface area contributed by atoms with Gasteiger partial charge in [0, 0.05) is 29.1 Å². The first kappa shape index (κ1) is 16.4. The molecule has 0 aliphatic carbocycles. The highest BCUT2D eigenvalue weighted by atomic mass is 35.5. The van der Waals surface area contributed by atoms with Gasteiger partial charge in [-0.2, -0.15) is 0 Å². The van der Waals surface area contributed by atoms with Gasteiger partial charge in [0.15, 0.2) is 0 Å². The van der Waals surface area contributed by atoms with Crippen LogP contribution >= 0.6 is 35.5 Å². The smallest absolute Gasteiger partial charge is 0.209 e. The molecule has 0 radical (unpaired) electrons. The first-order chi connectivity index (χ1) is 8.75. The molecule has 106 valence electrons. The third-order valence-corrected chi connectivity index (χ3v) is 4.50. The van der Waals surface area contributed by atoms with Crippen LogP contribution in [0.4, 0.5) is 0 Å². The number of thiophene rings is 1. The number of halogens is 1. The Bertz CT molecular complexity index is 485. The van der Waals surface area contributed by atoms with Crippen molar-refractivity contribution in [1.82, 2.24) is 25.5 Å². The Morgan fingerprint density at radius 3 is 2.89 bits per heavy atom. The molecule has 0 atom stereocenters. The van der Waals surface area contributed by atoms with Crippen LogP contribution in [0.15, 0.2) is 17.3 Å². The van der Waals surface area contributed by atoms with E-state index in [4.69, 9.17) is 0 Å². The monoisotopic (exact) mass is 319 g/mol. The van der Waals surface area contributed by atoms with Crippen molar-refractivity contribution < 1.29 is 0 Å². The molecule has 0 aliphatic heterocycles. The van der Waals surface area contributed by atoms with Crippen molar-refractivity contribution >= 4 is 35.5 Å². The number of aryl methyl sites for hydroxylation is 2. The van der Waals surface area contributed by atoms with Crippen LogP contribution in [0.3, 0.4) is 0 Å². The van der Waals surface area contributed by atoms with Gasteiger partial charge < -0.3 is 5.32 Å². The highest BCUT2D eigenvalue weighted by molar-refractivity contribution is 7.99. The lowest BCUT2D eigenvalue weighted by Crippen LogP contribution is -2.14. The van der Waals surface area contributed by atoms with Gasteiger partial charge >= 0.3 is 0 Å². The van der Waals surface area contributed by atoms with E-state index in [1.54, 1.807) is 16.4 Å². The molecule has 0 saturated carbocycles. The molecule has 8 heteroatoms. The first-order valence-corrected chi connectivity index (χ1v) is 7.67. The molecule has 5 nitrogen and oxygen atoms in total. The van der Waals surface area contributed by atoms with E-state index in [0.717, 1.165) is 30.4 Å². The number of tetrazole rings is 1. The summed E-state index contributed by atoms with van der Waals surface area (Å²) in [4.78, 5) is 2.77. The Morgan fingerprint density at radius 2 is 2.26 bits per heavy atom. The maximum Gasteiger partial charge on any atom is 0.209 e. The Balaban J connectivity index is 0.00000180. The lowest BCUT2D eigenvalue weighted by Gasteiger charge is -2.02. The van der Waals surface area contributed by atoms with Crippen LogP contribution in [0.2, 0.25) is 0 Å². The first-order valence-electron chi connectivity index (χ1n) is 5.87. The zero-order valence-electron chi connectivity index (χ0n) is 11.0. The van der Waals surface area contributed by atoms with E-state index in [1.807, 2.05) is 18.4 Å². The molecule has 0 bridgehead atoms. The van der Waals surface area contributed by atoms with Crippen molar-refractivity contribution in [3.05, 3.63) is 21.9 Å². The van der Waals surface area contributed by atoms with E-state index in [-0.39, 0.29) is 12.4 Å². The molecule has 0 amide bonds. The maximum atomic E-state index is 3.93. The molecule has 2 aromatic rings. The van der Waals surface area contributed by atoms with Crippen LogP contribution in [0.25, 0.3) is 0 Å². The summed E-state index contributed by atoms with van der Waals surface area (Å²) in [6.07, 6.45) is 1.11. The fourth-order valence-corrected chi connectivity index (χ4v) is 3.14. The largest absolute Gasteiger partial charge is 0.312 e. The van der Waals surface area contributed by atoms with E-state index < -0.39 is 0 Å². The normalized spacial score (nSPS) is 10.4. The van der Waals surface area contributed by atoms with Gasteiger partial charge in [-0.25, -0.2) is 4.68 Å². The maximum absolute atomic E-state index is 3.93. The van der Waals surface area contributed by atoms with Gasteiger partial charge in [0.2, 0.25) is 5.16 Å². The summed E-state index contributed by atoms with van der Waals surface area (Å²) in [6.45, 7) is 4.13. The van der Waals surface area contributed by atoms with E-state index in [1.165, 1.54) is 9.75 Å². The number of nitrogens with zero attached hydrogens (tertiary/aromatic N) is 4. The second kappa shape index (κ2) is 8.52. The molecular weight excluding hydrogens is 302 g/mol. The predicted octanol–water partition coefficient (Wildman–Crippen LogP) is 2.27. The lowest BCUT2D eigenvalue weighted by molar-refractivity contribution is 0.661. The number of hydrogen-bond acceptors (Lipinski definition) is 6. The Hall–Kier alpha value is -0.630. The molecule has 2 heterocycles. The summed E-state index contributed by atoms with van der Waals surface area (Å²) in [5.41, 5.74) is 0. The van der Waals surface area contributed by atoms with Crippen molar-refractivity contribution in [3.63, 3.8) is 0 Å². The molecular formula is C11H18ClN5S2. The van der Waals surface area contributed by atoms with Crippen LogP contribution in [0.5, 0.6) is 0 Å². The zero-order chi connectivity index (χ0) is 12.8. The third-order valence-electron chi connectivity index (χ3n) is 2.41. The molecule has 0 aromatic carbocycles. The van der Waals surface area contributed by atoms with Crippen LogP contribution in [0, 0.1) is 6.92 Å². The minimum Gasteiger partial charge on any atom is -0.312 e. The number of thioether (sulfide) groups is 1. The zero-order valence-corrected chi connectivity index (χ0v) is 13.4. The highest BCUT2D eigenvalue weighted by Gasteiger charge is 2.01. The van der Waals surface area contributed by atoms with Crippen LogP contribution in [-0.4, -0.2) is 32.5 Å². The predicted molar refractivity (Wildman–Crippen MR) is 82.1 cm³/mol. The van der Waals surface area contributed by atoms with Gasteiger partial charge in [0.1, 0.15) is 0 Å². The Labute approximate surface area is 127 Å². The third kappa shape index (κ3) is 5.48. The van der Waals surface area contributed by atoms with Gasteiger partial charge in [-0.1, -0.05) is 11.8 Å². The highest BCUT2D eigenvalue weighted by Crippen LogP contribution is 2.15. The quantitative estimate of drug-likeness (QED) is 0.627. The number of aromatic nitrogens is 4. The molecule has 2 aromatic heterocycles. The van der Waals surface area contributed by atoms with E-state index >= 15 is 0 Å².